The van der Waals surface area contributed by atoms with Crippen LogP contribution in [-0.2, 0) is 16.1 Å². The number of benzene rings is 1. The fourth-order valence-electron chi connectivity index (χ4n) is 5.32. The van der Waals surface area contributed by atoms with Crippen LogP contribution in [0.1, 0.15) is 51.5 Å². The van der Waals surface area contributed by atoms with E-state index >= 15 is 0 Å². The summed E-state index contributed by atoms with van der Waals surface area (Å²) in [6.07, 6.45) is 5.71. The van der Waals surface area contributed by atoms with Gasteiger partial charge in [0.2, 0.25) is 0 Å². The molecule has 0 unspecified atom stereocenters. The minimum atomic E-state index is -0.225. The zero-order valence-corrected chi connectivity index (χ0v) is 15.7. The third kappa shape index (κ3) is 3.20. The van der Waals surface area contributed by atoms with Gasteiger partial charge in [0.1, 0.15) is 11.9 Å². The van der Waals surface area contributed by atoms with Crippen LogP contribution in [0.15, 0.2) is 35.4 Å². The Balaban J connectivity index is 1.43. The Bertz CT molecular complexity index is 726. The van der Waals surface area contributed by atoms with Crippen LogP contribution < -0.4 is 5.32 Å². The third-order valence-electron chi connectivity index (χ3n) is 6.79. The van der Waals surface area contributed by atoms with Crippen molar-refractivity contribution in [2.24, 2.45) is 17.3 Å². The van der Waals surface area contributed by atoms with Gasteiger partial charge in [-0.25, -0.2) is 4.39 Å². The molecule has 4 rings (SSSR count). The molecule has 1 aliphatic heterocycles. The zero-order chi connectivity index (χ0) is 18.3. The SMILES string of the molecule is CC1=C2C[C@H]3[C@H](CNCc4ccc(F)cc4)C(=O)O[C@@H]3C[C@@]2(C)CCC1. The first-order valence-corrected chi connectivity index (χ1v) is 9.81. The molecule has 1 saturated carbocycles. The zero-order valence-electron chi connectivity index (χ0n) is 15.7. The summed E-state index contributed by atoms with van der Waals surface area (Å²) < 4.78 is 18.8. The van der Waals surface area contributed by atoms with E-state index in [0.717, 1.165) is 18.4 Å². The molecule has 1 aromatic carbocycles. The lowest BCUT2D eigenvalue weighted by Gasteiger charge is -2.45. The van der Waals surface area contributed by atoms with Crippen LogP contribution >= 0.6 is 0 Å². The van der Waals surface area contributed by atoms with Crippen molar-refractivity contribution < 1.29 is 13.9 Å². The fourth-order valence-corrected chi connectivity index (χ4v) is 5.32. The Morgan fingerprint density at radius 3 is 2.85 bits per heavy atom. The second kappa shape index (κ2) is 6.80. The number of halogens is 1. The molecule has 1 N–H and O–H groups in total. The van der Waals surface area contributed by atoms with Gasteiger partial charge < -0.3 is 10.1 Å². The van der Waals surface area contributed by atoms with Crippen molar-refractivity contribution in [3.05, 3.63) is 46.8 Å². The first-order valence-electron chi connectivity index (χ1n) is 9.81. The Morgan fingerprint density at radius 2 is 2.08 bits per heavy atom. The molecule has 0 radical (unpaired) electrons. The molecule has 26 heavy (non-hydrogen) atoms. The van der Waals surface area contributed by atoms with E-state index in [-0.39, 0.29) is 29.2 Å². The van der Waals surface area contributed by atoms with Crippen LogP contribution in [0.2, 0.25) is 0 Å². The van der Waals surface area contributed by atoms with E-state index in [1.165, 1.54) is 37.0 Å². The summed E-state index contributed by atoms with van der Waals surface area (Å²) in [6, 6.07) is 6.50. The van der Waals surface area contributed by atoms with Crippen molar-refractivity contribution in [1.29, 1.82) is 0 Å². The number of fused-ring (bicyclic) bond motifs is 2. The quantitative estimate of drug-likeness (QED) is 0.642. The second-order valence-corrected chi connectivity index (χ2v) is 8.58. The Kier molecular flexibility index (Phi) is 4.64. The molecule has 4 heteroatoms. The number of carbonyl (C=O) groups is 1. The summed E-state index contributed by atoms with van der Waals surface area (Å²) in [4.78, 5) is 12.5. The van der Waals surface area contributed by atoms with Crippen molar-refractivity contribution in [2.75, 3.05) is 6.54 Å². The smallest absolute Gasteiger partial charge is 0.310 e. The molecule has 4 atom stereocenters. The number of esters is 1. The van der Waals surface area contributed by atoms with E-state index in [1.54, 1.807) is 17.7 Å². The van der Waals surface area contributed by atoms with Gasteiger partial charge in [0.15, 0.2) is 0 Å². The van der Waals surface area contributed by atoms with Gasteiger partial charge in [-0.05, 0) is 62.1 Å². The van der Waals surface area contributed by atoms with Crippen molar-refractivity contribution >= 4 is 5.97 Å². The van der Waals surface area contributed by atoms with Crippen LogP contribution in [0, 0.1) is 23.1 Å². The lowest BCUT2D eigenvalue weighted by atomic mass is 9.59. The van der Waals surface area contributed by atoms with Crippen molar-refractivity contribution in [1.82, 2.24) is 5.32 Å². The molecule has 1 saturated heterocycles. The predicted octanol–water partition coefficient (Wildman–Crippen LogP) is 4.37. The summed E-state index contributed by atoms with van der Waals surface area (Å²) in [5.74, 6) is -0.0592. The molecule has 3 nitrogen and oxygen atoms in total. The normalized spacial score (nSPS) is 33.7. The maximum atomic E-state index is 13.0. The third-order valence-corrected chi connectivity index (χ3v) is 6.79. The number of nitrogens with one attached hydrogen (secondary N) is 1. The number of hydrogen-bond donors (Lipinski definition) is 1. The molecule has 2 fully saturated rings. The minimum Gasteiger partial charge on any atom is -0.462 e. The number of ether oxygens (including phenoxy) is 1. The van der Waals surface area contributed by atoms with Crippen LogP contribution in [0.25, 0.3) is 0 Å². The summed E-state index contributed by atoms with van der Waals surface area (Å²) in [6.45, 7) is 5.89. The van der Waals surface area contributed by atoms with E-state index < -0.39 is 0 Å². The maximum absolute atomic E-state index is 13.0. The highest BCUT2D eigenvalue weighted by Crippen LogP contribution is 2.54. The Morgan fingerprint density at radius 1 is 1.31 bits per heavy atom. The average Bonchev–Trinajstić information content (AvgIpc) is 2.89. The highest BCUT2D eigenvalue weighted by Gasteiger charge is 2.52. The van der Waals surface area contributed by atoms with E-state index in [9.17, 15) is 9.18 Å². The molecule has 0 spiro atoms. The van der Waals surface area contributed by atoms with Crippen LogP contribution in [0.5, 0.6) is 0 Å². The molecule has 1 heterocycles. The number of carbonyl (C=O) groups excluding carboxylic acids is 1. The van der Waals surface area contributed by atoms with E-state index in [2.05, 4.69) is 19.2 Å². The first kappa shape index (κ1) is 17.7. The van der Waals surface area contributed by atoms with Gasteiger partial charge in [-0.3, -0.25) is 4.79 Å². The summed E-state index contributed by atoms with van der Waals surface area (Å²) in [7, 11) is 0. The van der Waals surface area contributed by atoms with Crippen molar-refractivity contribution in [3.63, 3.8) is 0 Å². The first-order chi connectivity index (χ1) is 12.5. The predicted molar refractivity (Wildman–Crippen MR) is 98.9 cm³/mol. The monoisotopic (exact) mass is 357 g/mol. The number of rotatable bonds is 4. The van der Waals surface area contributed by atoms with Gasteiger partial charge in [0, 0.05) is 19.0 Å². The highest BCUT2D eigenvalue weighted by atomic mass is 19.1. The highest BCUT2D eigenvalue weighted by molar-refractivity contribution is 5.76. The summed E-state index contributed by atoms with van der Waals surface area (Å²) in [5.41, 5.74) is 4.37. The maximum Gasteiger partial charge on any atom is 0.310 e. The second-order valence-electron chi connectivity index (χ2n) is 8.58. The molecule has 0 aromatic heterocycles. The topological polar surface area (TPSA) is 38.3 Å². The molecule has 0 amide bonds. The fraction of sp³-hybridized carbons (Fsp3) is 0.591. The van der Waals surface area contributed by atoms with E-state index in [4.69, 9.17) is 4.74 Å². The molecule has 2 aliphatic carbocycles. The number of allylic oxidation sites excluding steroid dienone is 2. The van der Waals surface area contributed by atoms with E-state index in [1.807, 2.05) is 0 Å². The molecule has 140 valence electrons. The molecule has 3 aliphatic rings. The van der Waals surface area contributed by atoms with Crippen molar-refractivity contribution in [2.45, 2.75) is 58.6 Å². The molecular weight excluding hydrogens is 329 g/mol. The Hall–Kier alpha value is -1.68. The van der Waals surface area contributed by atoms with E-state index in [0.29, 0.717) is 19.0 Å². The van der Waals surface area contributed by atoms with Crippen LogP contribution in [0.3, 0.4) is 0 Å². The summed E-state index contributed by atoms with van der Waals surface area (Å²) in [5, 5.41) is 3.38. The Labute approximate surface area is 155 Å². The lowest BCUT2D eigenvalue weighted by Crippen LogP contribution is -2.40. The standard InChI is InChI=1S/C22H28FNO2/c1-14-4-3-9-22(2)11-20-17(10-19(14)22)18(21(25)26-20)13-24-12-15-5-7-16(23)8-6-15/h5-8,17-18,20,24H,3-4,9-13H2,1-2H3/t17-,18-,20+,22+/m0/s1. The van der Waals surface area contributed by atoms with Gasteiger partial charge in [-0.1, -0.05) is 30.2 Å². The average molecular weight is 357 g/mol. The van der Waals surface area contributed by atoms with Crippen LogP contribution in [-0.4, -0.2) is 18.6 Å². The largest absolute Gasteiger partial charge is 0.462 e. The van der Waals surface area contributed by atoms with Gasteiger partial charge in [0.05, 0.1) is 5.92 Å². The molecular formula is C22H28FNO2. The lowest BCUT2D eigenvalue weighted by molar-refractivity contribution is -0.145. The van der Waals surface area contributed by atoms with Gasteiger partial charge >= 0.3 is 5.97 Å². The minimum absolute atomic E-state index is 0.0490. The summed E-state index contributed by atoms with van der Waals surface area (Å²) >= 11 is 0. The number of hydrogen-bond acceptors (Lipinski definition) is 3. The molecule has 0 bridgehead atoms. The van der Waals surface area contributed by atoms with Crippen molar-refractivity contribution in [3.8, 4) is 0 Å². The molecule has 1 aromatic rings. The van der Waals surface area contributed by atoms with Gasteiger partial charge in [0.25, 0.3) is 0 Å². The van der Waals surface area contributed by atoms with Crippen LogP contribution in [0.4, 0.5) is 4.39 Å². The van der Waals surface area contributed by atoms with Gasteiger partial charge in [-0.15, -0.1) is 0 Å². The van der Waals surface area contributed by atoms with Gasteiger partial charge in [-0.2, -0.15) is 0 Å².